The Morgan fingerprint density at radius 2 is 1.81 bits per heavy atom. The first kappa shape index (κ1) is 15.0. The second kappa shape index (κ2) is 5.90. The molecule has 0 unspecified atom stereocenters. The number of benzene rings is 1. The van der Waals surface area contributed by atoms with Gasteiger partial charge in [-0.05, 0) is 23.8 Å². The average Bonchev–Trinajstić information content (AvgIpc) is 2.40. The van der Waals surface area contributed by atoms with Crippen LogP contribution in [0.3, 0.4) is 0 Å². The van der Waals surface area contributed by atoms with E-state index in [0.717, 1.165) is 11.3 Å². The summed E-state index contributed by atoms with van der Waals surface area (Å²) in [5.74, 6) is -0.256. The summed E-state index contributed by atoms with van der Waals surface area (Å²) in [7, 11) is 1.64. The molecule has 0 atom stereocenters. The first-order valence-electron chi connectivity index (χ1n) is 6.09. The maximum absolute atomic E-state index is 12.0. The molecule has 0 radical (unpaired) electrons. The molecule has 1 N–H and O–H groups in total. The molecule has 1 heterocycles. The Bertz CT molecular complexity index is 663. The lowest BCUT2D eigenvalue weighted by Crippen LogP contribution is -2.17. The largest absolute Gasteiger partial charge is 0.573 e. The van der Waals surface area contributed by atoms with Gasteiger partial charge in [0, 0.05) is 25.9 Å². The smallest absolute Gasteiger partial charge is 0.406 e. The van der Waals surface area contributed by atoms with Crippen LogP contribution in [0.4, 0.5) is 18.9 Å². The first-order valence-corrected chi connectivity index (χ1v) is 6.09. The predicted molar refractivity (Wildman–Crippen MR) is 72.1 cm³/mol. The summed E-state index contributed by atoms with van der Waals surface area (Å²) in [6.07, 6.45) is -3.04. The van der Waals surface area contributed by atoms with Gasteiger partial charge in [0.05, 0.1) is 5.69 Å². The minimum Gasteiger partial charge on any atom is -0.406 e. The minimum atomic E-state index is -4.69. The Morgan fingerprint density at radius 1 is 1.14 bits per heavy atom. The van der Waals surface area contributed by atoms with E-state index in [1.54, 1.807) is 19.3 Å². The number of aryl methyl sites for hydroxylation is 1. The van der Waals surface area contributed by atoms with Gasteiger partial charge in [0.1, 0.15) is 5.75 Å². The fourth-order valence-electron chi connectivity index (χ4n) is 1.71. The molecule has 0 amide bonds. The van der Waals surface area contributed by atoms with Crippen molar-refractivity contribution >= 4 is 5.69 Å². The van der Waals surface area contributed by atoms with E-state index in [4.69, 9.17) is 0 Å². The van der Waals surface area contributed by atoms with Crippen molar-refractivity contribution in [1.82, 2.24) is 4.57 Å². The van der Waals surface area contributed by atoms with Crippen LogP contribution in [0.2, 0.25) is 0 Å². The Hall–Kier alpha value is -2.44. The normalized spacial score (nSPS) is 11.2. The first-order chi connectivity index (χ1) is 9.83. The molecule has 21 heavy (non-hydrogen) atoms. The van der Waals surface area contributed by atoms with E-state index in [2.05, 4.69) is 10.1 Å². The standard InChI is InChI=1S/C14H13F3N2O2/c1-19-9-11(4-7-13(19)20)18-8-10-2-5-12(6-3-10)21-14(15,16)17/h2-7,9,18H,8H2,1H3. The topological polar surface area (TPSA) is 43.3 Å². The third kappa shape index (κ3) is 4.55. The third-order valence-corrected chi connectivity index (χ3v) is 2.74. The molecule has 1 aromatic carbocycles. The van der Waals surface area contributed by atoms with Gasteiger partial charge in [-0.25, -0.2) is 0 Å². The zero-order valence-corrected chi connectivity index (χ0v) is 11.1. The van der Waals surface area contributed by atoms with Gasteiger partial charge in [-0.1, -0.05) is 12.1 Å². The van der Waals surface area contributed by atoms with Crippen molar-refractivity contribution in [1.29, 1.82) is 0 Å². The van der Waals surface area contributed by atoms with Gasteiger partial charge in [0.15, 0.2) is 0 Å². The number of nitrogens with zero attached hydrogens (tertiary/aromatic N) is 1. The summed E-state index contributed by atoms with van der Waals surface area (Å²) >= 11 is 0. The molecule has 0 bridgehead atoms. The van der Waals surface area contributed by atoms with Gasteiger partial charge >= 0.3 is 6.36 Å². The molecule has 0 saturated heterocycles. The van der Waals surface area contributed by atoms with Crippen molar-refractivity contribution in [2.45, 2.75) is 12.9 Å². The summed E-state index contributed by atoms with van der Waals surface area (Å²) in [5.41, 5.74) is 1.42. The van der Waals surface area contributed by atoms with E-state index in [1.807, 2.05) is 0 Å². The zero-order valence-electron chi connectivity index (χ0n) is 11.1. The molecule has 2 rings (SSSR count). The molecule has 0 saturated carbocycles. The van der Waals surface area contributed by atoms with Crippen LogP contribution in [0.25, 0.3) is 0 Å². The molecule has 0 aliphatic carbocycles. The van der Waals surface area contributed by atoms with E-state index >= 15 is 0 Å². The molecule has 0 fully saturated rings. The molecular formula is C14H13F3N2O2. The van der Waals surface area contributed by atoms with Crippen LogP contribution >= 0.6 is 0 Å². The lowest BCUT2D eigenvalue weighted by molar-refractivity contribution is -0.274. The molecule has 4 nitrogen and oxygen atoms in total. The van der Waals surface area contributed by atoms with Crippen molar-refractivity contribution in [2.75, 3.05) is 5.32 Å². The van der Waals surface area contributed by atoms with E-state index in [0.29, 0.717) is 6.54 Å². The fraction of sp³-hybridized carbons (Fsp3) is 0.214. The van der Waals surface area contributed by atoms with Crippen molar-refractivity contribution in [3.8, 4) is 5.75 Å². The zero-order chi connectivity index (χ0) is 15.5. The SMILES string of the molecule is Cn1cc(NCc2ccc(OC(F)(F)F)cc2)ccc1=O. The number of halogens is 3. The molecule has 1 aromatic heterocycles. The van der Waals surface area contributed by atoms with E-state index in [9.17, 15) is 18.0 Å². The van der Waals surface area contributed by atoms with Crippen molar-refractivity contribution < 1.29 is 17.9 Å². The Morgan fingerprint density at radius 3 is 2.38 bits per heavy atom. The summed E-state index contributed by atoms with van der Waals surface area (Å²) < 4.78 is 41.3. The number of alkyl halides is 3. The third-order valence-electron chi connectivity index (χ3n) is 2.74. The highest BCUT2D eigenvalue weighted by Gasteiger charge is 2.30. The van der Waals surface area contributed by atoms with Gasteiger partial charge in [0.2, 0.25) is 5.56 Å². The van der Waals surface area contributed by atoms with Gasteiger partial charge in [-0.2, -0.15) is 0 Å². The highest BCUT2D eigenvalue weighted by molar-refractivity contribution is 5.41. The van der Waals surface area contributed by atoms with Gasteiger partial charge in [0.25, 0.3) is 0 Å². The molecule has 7 heteroatoms. The monoisotopic (exact) mass is 298 g/mol. The van der Waals surface area contributed by atoms with Crippen LogP contribution < -0.4 is 15.6 Å². The summed E-state index contributed by atoms with van der Waals surface area (Å²) in [6, 6.07) is 8.66. The van der Waals surface area contributed by atoms with E-state index in [-0.39, 0.29) is 11.3 Å². The van der Waals surface area contributed by atoms with Crippen molar-refractivity contribution in [2.24, 2.45) is 7.05 Å². The van der Waals surface area contributed by atoms with Gasteiger partial charge in [-0.3, -0.25) is 4.79 Å². The Labute approximate surface area is 118 Å². The number of rotatable bonds is 4. The van der Waals surface area contributed by atoms with Crippen LogP contribution in [-0.2, 0) is 13.6 Å². The lowest BCUT2D eigenvalue weighted by atomic mass is 10.2. The van der Waals surface area contributed by atoms with Crippen LogP contribution in [-0.4, -0.2) is 10.9 Å². The van der Waals surface area contributed by atoms with Crippen molar-refractivity contribution in [3.05, 3.63) is 58.5 Å². The molecule has 112 valence electrons. The Kier molecular flexibility index (Phi) is 4.21. The van der Waals surface area contributed by atoms with E-state index < -0.39 is 6.36 Å². The van der Waals surface area contributed by atoms with Crippen LogP contribution in [0.15, 0.2) is 47.4 Å². The molecular weight excluding hydrogens is 285 g/mol. The van der Waals surface area contributed by atoms with E-state index in [1.165, 1.54) is 34.9 Å². The minimum absolute atomic E-state index is 0.116. The molecule has 2 aromatic rings. The summed E-state index contributed by atoms with van der Waals surface area (Å²) in [5, 5.41) is 3.07. The lowest BCUT2D eigenvalue weighted by Gasteiger charge is -2.10. The average molecular weight is 298 g/mol. The summed E-state index contributed by atoms with van der Waals surface area (Å²) in [6.45, 7) is 0.421. The number of anilines is 1. The highest BCUT2D eigenvalue weighted by atomic mass is 19.4. The second-order valence-corrected chi connectivity index (χ2v) is 4.41. The molecule has 0 aliphatic rings. The number of hydrogen-bond acceptors (Lipinski definition) is 3. The van der Waals surface area contributed by atoms with Crippen LogP contribution in [0.5, 0.6) is 5.75 Å². The molecule has 0 aliphatic heterocycles. The fourth-order valence-corrected chi connectivity index (χ4v) is 1.71. The Balaban J connectivity index is 1.97. The number of aromatic nitrogens is 1. The molecule has 0 spiro atoms. The number of ether oxygens (including phenoxy) is 1. The number of pyridine rings is 1. The van der Waals surface area contributed by atoms with Gasteiger partial charge in [-0.15, -0.1) is 13.2 Å². The number of hydrogen-bond donors (Lipinski definition) is 1. The maximum atomic E-state index is 12.0. The van der Waals surface area contributed by atoms with Crippen LogP contribution in [0, 0.1) is 0 Å². The summed E-state index contributed by atoms with van der Waals surface area (Å²) in [4.78, 5) is 11.2. The predicted octanol–water partition coefficient (Wildman–Crippen LogP) is 2.90. The van der Waals surface area contributed by atoms with Crippen molar-refractivity contribution in [3.63, 3.8) is 0 Å². The highest BCUT2D eigenvalue weighted by Crippen LogP contribution is 2.22. The maximum Gasteiger partial charge on any atom is 0.573 e. The van der Waals surface area contributed by atoms with Gasteiger partial charge < -0.3 is 14.6 Å². The number of nitrogens with one attached hydrogen (secondary N) is 1. The quantitative estimate of drug-likeness (QED) is 0.944. The van der Waals surface area contributed by atoms with Crippen LogP contribution in [0.1, 0.15) is 5.56 Å². The second-order valence-electron chi connectivity index (χ2n) is 4.41.